The fourth-order valence-corrected chi connectivity index (χ4v) is 3.72. The summed E-state index contributed by atoms with van der Waals surface area (Å²) >= 11 is 7.49. The Hall–Kier alpha value is -1.92. The minimum atomic E-state index is -0.0163. The van der Waals surface area contributed by atoms with Crippen LogP contribution in [0, 0.1) is 0 Å². The lowest BCUT2D eigenvalue weighted by molar-refractivity contribution is 0.0751. The van der Waals surface area contributed by atoms with E-state index < -0.39 is 0 Å². The lowest BCUT2D eigenvalue weighted by Crippen LogP contribution is -2.48. The van der Waals surface area contributed by atoms with Gasteiger partial charge in [0, 0.05) is 49.5 Å². The molecule has 1 saturated heterocycles. The summed E-state index contributed by atoms with van der Waals surface area (Å²) in [7, 11) is 0. The highest BCUT2D eigenvalue weighted by Crippen LogP contribution is 2.26. The number of carbonyl (C=O) groups is 2. The number of thiophene rings is 1. The van der Waals surface area contributed by atoms with Gasteiger partial charge in [-0.3, -0.25) is 14.6 Å². The Labute approximate surface area is 143 Å². The molecule has 0 bridgehead atoms. The van der Waals surface area contributed by atoms with Crippen molar-refractivity contribution >= 4 is 40.3 Å². The number of hydrogen-bond donors (Lipinski definition) is 0. The molecule has 0 unspecified atom stereocenters. The molecule has 0 saturated carbocycles. The Morgan fingerprint density at radius 3 is 2.61 bits per heavy atom. The van der Waals surface area contributed by atoms with Gasteiger partial charge in [0.1, 0.15) is 0 Å². The van der Waals surface area contributed by atoms with Crippen molar-refractivity contribution < 1.29 is 9.59 Å². The first-order valence-corrected chi connectivity index (χ1v) is 8.55. The minimum absolute atomic E-state index is 0.0111. The quantitative estimate of drug-likeness (QED) is 0.799. The number of rotatable bonds is 3. The second kappa shape index (κ2) is 6.68. The molecule has 7 heteroatoms. The molecule has 0 radical (unpaired) electrons. The molecular weight excluding hydrogens is 334 g/mol. The van der Waals surface area contributed by atoms with Gasteiger partial charge in [-0.15, -0.1) is 11.3 Å². The van der Waals surface area contributed by atoms with E-state index in [0.717, 1.165) is 18.8 Å². The predicted molar refractivity (Wildman–Crippen MR) is 91.7 cm³/mol. The van der Waals surface area contributed by atoms with Crippen LogP contribution in [-0.2, 0) is 0 Å². The molecule has 0 spiro atoms. The predicted octanol–water partition coefficient (Wildman–Crippen LogP) is 2.96. The smallest absolute Gasteiger partial charge is 0.264 e. The van der Waals surface area contributed by atoms with Crippen LogP contribution in [0.2, 0.25) is 5.02 Å². The van der Waals surface area contributed by atoms with Gasteiger partial charge in [0.05, 0.1) is 15.6 Å². The third kappa shape index (κ3) is 3.38. The van der Waals surface area contributed by atoms with Crippen LogP contribution in [0.5, 0.6) is 0 Å². The summed E-state index contributed by atoms with van der Waals surface area (Å²) in [6.45, 7) is 4.21. The first kappa shape index (κ1) is 16.0. The van der Waals surface area contributed by atoms with Gasteiger partial charge in [0.2, 0.25) is 0 Å². The number of nitrogens with zero attached hydrogens (tertiary/aromatic N) is 3. The van der Waals surface area contributed by atoms with E-state index in [1.54, 1.807) is 23.8 Å². The molecule has 0 atom stereocenters. The lowest BCUT2D eigenvalue weighted by atomic mass is 10.2. The summed E-state index contributed by atoms with van der Waals surface area (Å²) in [6.07, 6.45) is 3.34. The van der Waals surface area contributed by atoms with Gasteiger partial charge in [0.15, 0.2) is 5.78 Å². The van der Waals surface area contributed by atoms with Crippen LogP contribution in [0.4, 0.5) is 5.69 Å². The highest BCUT2D eigenvalue weighted by atomic mass is 35.5. The second-order valence-electron chi connectivity index (χ2n) is 5.36. The Morgan fingerprint density at radius 1 is 1.26 bits per heavy atom. The van der Waals surface area contributed by atoms with E-state index in [1.807, 2.05) is 11.0 Å². The van der Waals surface area contributed by atoms with Gasteiger partial charge in [-0.1, -0.05) is 11.6 Å². The average Bonchev–Trinajstić information content (AvgIpc) is 3.05. The molecule has 1 aliphatic rings. The summed E-state index contributed by atoms with van der Waals surface area (Å²) in [5.74, 6) is -0.0274. The molecule has 0 aliphatic carbocycles. The van der Waals surface area contributed by atoms with Crippen molar-refractivity contribution in [2.45, 2.75) is 6.92 Å². The maximum absolute atomic E-state index is 12.5. The van der Waals surface area contributed by atoms with Crippen LogP contribution in [0.15, 0.2) is 29.9 Å². The molecule has 23 heavy (non-hydrogen) atoms. The Morgan fingerprint density at radius 2 is 2.00 bits per heavy atom. The highest BCUT2D eigenvalue weighted by Gasteiger charge is 2.24. The zero-order valence-electron chi connectivity index (χ0n) is 12.7. The average molecular weight is 350 g/mol. The number of amides is 1. The van der Waals surface area contributed by atoms with Crippen LogP contribution in [0.3, 0.4) is 0 Å². The van der Waals surface area contributed by atoms with Crippen LogP contribution >= 0.6 is 22.9 Å². The van der Waals surface area contributed by atoms with Gasteiger partial charge in [-0.25, -0.2) is 0 Å². The fourth-order valence-electron chi connectivity index (χ4n) is 2.56. The first-order chi connectivity index (χ1) is 11.1. The van der Waals surface area contributed by atoms with E-state index in [4.69, 9.17) is 11.6 Å². The SMILES string of the molecule is CC(=O)c1csc(C(=O)N2CCN(c3ccncc3Cl)CC2)c1. The Bertz CT molecular complexity index is 738. The molecule has 1 fully saturated rings. The standard InChI is InChI=1S/C16H16ClN3O2S/c1-11(21)12-8-15(23-10-12)16(22)20-6-4-19(5-7-20)14-2-3-18-9-13(14)17/h2-3,8-10H,4-7H2,1H3. The molecule has 3 heterocycles. The summed E-state index contributed by atoms with van der Waals surface area (Å²) in [6, 6.07) is 3.57. The van der Waals surface area contributed by atoms with Crippen molar-refractivity contribution in [2.75, 3.05) is 31.1 Å². The van der Waals surface area contributed by atoms with Crippen molar-refractivity contribution in [2.24, 2.45) is 0 Å². The largest absolute Gasteiger partial charge is 0.367 e. The number of aromatic nitrogens is 1. The second-order valence-corrected chi connectivity index (χ2v) is 6.68. The van der Waals surface area contributed by atoms with Crippen molar-refractivity contribution in [3.8, 4) is 0 Å². The lowest BCUT2D eigenvalue weighted by Gasteiger charge is -2.36. The summed E-state index contributed by atoms with van der Waals surface area (Å²) in [5.41, 5.74) is 1.55. The number of pyridine rings is 1. The van der Waals surface area contributed by atoms with Crippen molar-refractivity contribution in [1.29, 1.82) is 0 Å². The number of hydrogen-bond acceptors (Lipinski definition) is 5. The molecule has 1 aliphatic heterocycles. The summed E-state index contributed by atoms with van der Waals surface area (Å²) in [4.78, 5) is 32.4. The molecule has 0 aromatic carbocycles. The molecular formula is C16H16ClN3O2S. The first-order valence-electron chi connectivity index (χ1n) is 7.29. The molecule has 5 nitrogen and oxygen atoms in total. The summed E-state index contributed by atoms with van der Waals surface area (Å²) in [5, 5.41) is 2.36. The van der Waals surface area contributed by atoms with E-state index in [1.165, 1.54) is 18.3 Å². The topological polar surface area (TPSA) is 53.5 Å². The van der Waals surface area contributed by atoms with Crippen molar-refractivity contribution in [3.63, 3.8) is 0 Å². The maximum Gasteiger partial charge on any atom is 0.264 e. The van der Waals surface area contributed by atoms with Crippen LogP contribution < -0.4 is 4.90 Å². The minimum Gasteiger partial charge on any atom is -0.367 e. The van der Waals surface area contributed by atoms with E-state index in [-0.39, 0.29) is 11.7 Å². The highest BCUT2D eigenvalue weighted by molar-refractivity contribution is 7.12. The van der Waals surface area contributed by atoms with Crippen LogP contribution in [-0.4, -0.2) is 47.8 Å². The number of ketones is 1. The zero-order valence-corrected chi connectivity index (χ0v) is 14.2. The number of anilines is 1. The maximum atomic E-state index is 12.5. The van der Waals surface area contributed by atoms with Crippen LogP contribution in [0.25, 0.3) is 0 Å². The molecule has 2 aromatic rings. The molecule has 120 valence electrons. The van der Waals surface area contributed by atoms with Gasteiger partial charge < -0.3 is 9.80 Å². The number of halogens is 1. The van der Waals surface area contributed by atoms with Gasteiger partial charge in [0.25, 0.3) is 5.91 Å². The molecule has 3 rings (SSSR count). The van der Waals surface area contributed by atoms with Crippen molar-refractivity contribution in [3.05, 3.63) is 45.4 Å². The third-order valence-electron chi connectivity index (χ3n) is 3.88. The van der Waals surface area contributed by atoms with E-state index in [0.29, 0.717) is 28.6 Å². The fraction of sp³-hybridized carbons (Fsp3) is 0.312. The monoisotopic (exact) mass is 349 g/mol. The van der Waals surface area contributed by atoms with Gasteiger partial charge in [-0.05, 0) is 19.1 Å². The molecule has 0 N–H and O–H groups in total. The van der Waals surface area contributed by atoms with E-state index >= 15 is 0 Å². The Kier molecular flexibility index (Phi) is 4.63. The van der Waals surface area contributed by atoms with E-state index in [9.17, 15) is 9.59 Å². The number of Topliss-reactive ketones (excluding diaryl/α,β-unsaturated/α-hetero) is 1. The number of carbonyl (C=O) groups excluding carboxylic acids is 2. The number of piperazine rings is 1. The normalized spacial score (nSPS) is 14.9. The van der Waals surface area contributed by atoms with Gasteiger partial charge in [-0.2, -0.15) is 0 Å². The Balaban J connectivity index is 1.65. The summed E-state index contributed by atoms with van der Waals surface area (Å²) < 4.78 is 0. The van der Waals surface area contributed by atoms with E-state index in [2.05, 4.69) is 9.88 Å². The van der Waals surface area contributed by atoms with Crippen molar-refractivity contribution in [1.82, 2.24) is 9.88 Å². The molecule has 1 amide bonds. The van der Waals surface area contributed by atoms with Gasteiger partial charge >= 0.3 is 0 Å². The zero-order chi connectivity index (χ0) is 16.4. The molecule has 2 aromatic heterocycles. The van der Waals surface area contributed by atoms with Crippen LogP contribution in [0.1, 0.15) is 27.0 Å². The third-order valence-corrected chi connectivity index (χ3v) is 5.08.